The van der Waals surface area contributed by atoms with Crippen LogP contribution in [0.5, 0.6) is 0 Å². The lowest BCUT2D eigenvalue weighted by atomic mass is 10.1. The van der Waals surface area contributed by atoms with Crippen LogP contribution in [-0.4, -0.2) is 60.1 Å². The Bertz CT molecular complexity index is 1060. The Hall–Kier alpha value is -2.82. The molecular formula is C20H22N4O5S. The lowest BCUT2D eigenvalue weighted by molar-refractivity contribution is -0.402. The number of aromatic nitrogens is 1. The maximum Gasteiger partial charge on any atom is 0.433 e. The van der Waals surface area contributed by atoms with Crippen molar-refractivity contribution in [3.05, 3.63) is 51.8 Å². The number of hydrogen-bond donors (Lipinski definition) is 0. The average Bonchev–Trinajstić information content (AvgIpc) is 3.42. The first-order chi connectivity index (χ1) is 14.6. The van der Waals surface area contributed by atoms with E-state index in [0.717, 1.165) is 35.3 Å². The van der Waals surface area contributed by atoms with Gasteiger partial charge in [-0.15, -0.1) is 0 Å². The van der Waals surface area contributed by atoms with Gasteiger partial charge in [0, 0.05) is 26.2 Å². The lowest BCUT2D eigenvalue weighted by Gasteiger charge is -2.28. The molecule has 1 saturated heterocycles. The number of carbonyl (C=O) groups excluding carboxylic acids is 1. The molecule has 3 aromatic rings. The molecule has 3 heterocycles. The van der Waals surface area contributed by atoms with Gasteiger partial charge in [-0.25, -0.2) is 4.98 Å². The van der Waals surface area contributed by atoms with E-state index in [1.807, 2.05) is 18.2 Å². The largest absolute Gasteiger partial charge is 0.433 e. The predicted octanol–water partition coefficient (Wildman–Crippen LogP) is 3.34. The van der Waals surface area contributed by atoms with Crippen molar-refractivity contribution in [1.82, 2.24) is 9.88 Å². The molecule has 2 aromatic heterocycles. The molecule has 9 nitrogen and oxygen atoms in total. The quantitative estimate of drug-likeness (QED) is 0.418. The summed E-state index contributed by atoms with van der Waals surface area (Å²) in [5.74, 6) is -0.962. The van der Waals surface area contributed by atoms with Gasteiger partial charge in [-0.1, -0.05) is 30.4 Å². The fourth-order valence-electron chi connectivity index (χ4n) is 3.42. The fraction of sp³-hybridized carbons (Fsp3) is 0.400. The number of carbonyl (C=O) groups is 1. The number of benzene rings is 1. The number of amides is 1. The van der Waals surface area contributed by atoms with Crippen LogP contribution in [0.1, 0.15) is 23.0 Å². The molecule has 30 heavy (non-hydrogen) atoms. The van der Waals surface area contributed by atoms with Crippen molar-refractivity contribution >= 4 is 38.5 Å². The molecule has 0 atom stereocenters. The van der Waals surface area contributed by atoms with Crippen molar-refractivity contribution < 1.29 is 18.9 Å². The van der Waals surface area contributed by atoms with Gasteiger partial charge in [0.05, 0.1) is 29.5 Å². The standard InChI is InChI=1S/C20H22N4O5S/c1-2-14-4-3-5-16-18(14)21-20(30-16)23(9-8-22-10-12-28-13-11-22)19(25)15-6-7-17(29-15)24(26)27/h3-7H,2,8-13H2,1H3. The first kappa shape index (κ1) is 20.5. The van der Waals surface area contributed by atoms with E-state index in [4.69, 9.17) is 14.1 Å². The number of nitrogens with zero attached hydrogens (tertiary/aromatic N) is 4. The summed E-state index contributed by atoms with van der Waals surface area (Å²) in [6.45, 7) is 6.04. The number of aryl methyl sites for hydroxylation is 1. The van der Waals surface area contributed by atoms with Crippen LogP contribution in [0.3, 0.4) is 0 Å². The van der Waals surface area contributed by atoms with Crippen LogP contribution in [0.25, 0.3) is 10.2 Å². The third kappa shape index (κ3) is 4.20. The molecule has 0 saturated carbocycles. The summed E-state index contributed by atoms with van der Waals surface area (Å²) in [7, 11) is 0. The summed E-state index contributed by atoms with van der Waals surface area (Å²) >= 11 is 1.43. The van der Waals surface area contributed by atoms with Crippen LogP contribution in [0.15, 0.2) is 34.7 Å². The Morgan fingerprint density at radius 1 is 1.30 bits per heavy atom. The first-order valence-electron chi connectivity index (χ1n) is 9.81. The van der Waals surface area contributed by atoms with Crippen molar-refractivity contribution in [2.75, 3.05) is 44.3 Å². The second-order valence-electron chi connectivity index (χ2n) is 6.92. The van der Waals surface area contributed by atoms with E-state index >= 15 is 0 Å². The highest BCUT2D eigenvalue weighted by Gasteiger charge is 2.27. The van der Waals surface area contributed by atoms with Gasteiger partial charge in [-0.2, -0.15) is 0 Å². The van der Waals surface area contributed by atoms with E-state index in [0.29, 0.717) is 31.4 Å². The molecular weight excluding hydrogens is 408 g/mol. The minimum absolute atomic E-state index is 0.0707. The number of morpholine rings is 1. The van der Waals surface area contributed by atoms with Crippen molar-refractivity contribution in [2.24, 2.45) is 0 Å². The highest BCUT2D eigenvalue weighted by molar-refractivity contribution is 7.22. The Balaban J connectivity index is 1.65. The Kier molecular flexibility index (Phi) is 6.07. The van der Waals surface area contributed by atoms with E-state index in [9.17, 15) is 14.9 Å². The van der Waals surface area contributed by atoms with Gasteiger partial charge in [-0.3, -0.25) is 24.7 Å². The number of rotatable bonds is 7. The molecule has 0 bridgehead atoms. The third-order valence-corrected chi connectivity index (χ3v) is 6.12. The number of nitro groups is 1. The summed E-state index contributed by atoms with van der Waals surface area (Å²) in [6, 6.07) is 8.53. The van der Waals surface area contributed by atoms with Crippen LogP contribution in [-0.2, 0) is 11.2 Å². The summed E-state index contributed by atoms with van der Waals surface area (Å²) in [6.07, 6.45) is 0.840. The number of ether oxygens (including phenoxy) is 1. The van der Waals surface area contributed by atoms with Crippen LogP contribution in [0.2, 0.25) is 0 Å². The molecule has 158 valence electrons. The van der Waals surface area contributed by atoms with Gasteiger partial charge < -0.3 is 9.15 Å². The zero-order valence-electron chi connectivity index (χ0n) is 16.6. The van der Waals surface area contributed by atoms with Gasteiger partial charge in [0.2, 0.25) is 0 Å². The number of fused-ring (bicyclic) bond motifs is 1. The number of thiazole rings is 1. The molecule has 1 aliphatic heterocycles. The summed E-state index contributed by atoms with van der Waals surface area (Å²) in [5.41, 5.74) is 2.00. The van der Waals surface area contributed by atoms with Gasteiger partial charge in [0.25, 0.3) is 5.91 Å². The van der Waals surface area contributed by atoms with E-state index < -0.39 is 16.7 Å². The number of para-hydroxylation sites is 1. The van der Waals surface area contributed by atoms with E-state index in [1.54, 1.807) is 4.90 Å². The Morgan fingerprint density at radius 3 is 2.80 bits per heavy atom. The van der Waals surface area contributed by atoms with E-state index in [1.165, 1.54) is 23.5 Å². The lowest BCUT2D eigenvalue weighted by Crippen LogP contribution is -2.43. The highest BCUT2D eigenvalue weighted by atomic mass is 32.1. The topological polar surface area (TPSA) is 102 Å². The minimum Gasteiger partial charge on any atom is -0.395 e. The fourth-order valence-corrected chi connectivity index (χ4v) is 4.46. The molecule has 0 spiro atoms. The molecule has 1 aliphatic rings. The number of furan rings is 1. The van der Waals surface area contributed by atoms with Crippen LogP contribution < -0.4 is 4.90 Å². The van der Waals surface area contributed by atoms with Crippen LogP contribution in [0, 0.1) is 10.1 Å². The van der Waals surface area contributed by atoms with Crippen molar-refractivity contribution in [1.29, 1.82) is 0 Å². The van der Waals surface area contributed by atoms with Crippen LogP contribution in [0.4, 0.5) is 11.0 Å². The summed E-state index contributed by atoms with van der Waals surface area (Å²) in [5, 5.41) is 11.5. The molecule has 1 aromatic carbocycles. The summed E-state index contributed by atoms with van der Waals surface area (Å²) < 4.78 is 11.6. The molecule has 0 radical (unpaired) electrons. The maximum absolute atomic E-state index is 13.2. The van der Waals surface area contributed by atoms with Crippen molar-refractivity contribution in [3.63, 3.8) is 0 Å². The molecule has 0 N–H and O–H groups in total. The summed E-state index contributed by atoms with van der Waals surface area (Å²) in [4.78, 5) is 32.0. The zero-order valence-corrected chi connectivity index (χ0v) is 17.4. The first-order valence-corrected chi connectivity index (χ1v) is 10.6. The average molecular weight is 430 g/mol. The van der Waals surface area contributed by atoms with Gasteiger partial charge in [0.15, 0.2) is 10.9 Å². The van der Waals surface area contributed by atoms with Gasteiger partial charge >= 0.3 is 5.88 Å². The molecule has 1 amide bonds. The Labute approximate surface area is 177 Å². The normalized spacial score (nSPS) is 14.8. The van der Waals surface area contributed by atoms with Gasteiger partial charge in [0.1, 0.15) is 4.92 Å². The number of hydrogen-bond acceptors (Lipinski definition) is 8. The second-order valence-corrected chi connectivity index (χ2v) is 7.93. The second kappa shape index (κ2) is 8.90. The molecule has 0 aliphatic carbocycles. The van der Waals surface area contributed by atoms with Crippen LogP contribution >= 0.6 is 11.3 Å². The van der Waals surface area contributed by atoms with Gasteiger partial charge in [-0.05, 0) is 24.1 Å². The van der Waals surface area contributed by atoms with E-state index in [-0.39, 0.29) is 5.76 Å². The van der Waals surface area contributed by atoms with Crippen molar-refractivity contribution in [2.45, 2.75) is 13.3 Å². The molecule has 0 unspecified atom stereocenters. The predicted molar refractivity (Wildman–Crippen MR) is 113 cm³/mol. The SMILES string of the molecule is CCc1cccc2sc(N(CCN3CCOCC3)C(=O)c3ccc([N+](=O)[O-])o3)nc12. The molecule has 4 rings (SSSR count). The smallest absolute Gasteiger partial charge is 0.395 e. The molecule has 10 heteroatoms. The maximum atomic E-state index is 13.2. The van der Waals surface area contributed by atoms with E-state index in [2.05, 4.69) is 11.8 Å². The third-order valence-electron chi connectivity index (χ3n) is 5.07. The monoisotopic (exact) mass is 430 g/mol. The minimum atomic E-state index is -0.653. The highest BCUT2D eigenvalue weighted by Crippen LogP contribution is 2.32. The number of anilines is 1. The Morgan fingerprint density at radius 2 is 2.10 bits per heavy atom. The van der Waals surface area contributed by atoms with Crippen molar-refractivity contribution in [3.8, 4) is 0 Å². The molecule has 1 fully saturated rings. The zero-order chi connectivity index (χ0) is 21.1.